The average molecular weight is 312 g/mol. The third kappa shape index (κ3) is 3.17. The topological polar surface area (TPSA) is 29.9 Å². The molecule has 1 unspecified atom stereocenters. The molecular formula is C15H19Cl2N3. The van der Waals surface area contributed by atoms with Gasteiger partial charge in [0.25, 0.3) is 0 Å². The largest absolute Gasteiger partial charge is 0.305 e. The lowest BCUT2D eigenvalue weighted by Gasteiger charge is -2.19. The Morgan fingerprint density at radius 3 is 2.50 bits per heavy atom. The summed E-state index contributed by atoms with van der Waals surface area (Å²) in [5.74, 6) is 0. The molecule has 0 saturated carbocycles. The highest BCUT2D eigenvalue weighted by Crippen LogP contribution is 2.29. The zero-order valence-electron chi connectivity index (χ0n) is 12.0. The summed E-state index contributed by atoms with van der Waals surface area (Å²) in [7, 11) is 1.97. The van der Waals surface area contributed by atoms with Crippen LogP contribution in [0.15, 0.2) is 24.3 Å². The fourth-order valence-corrected chi connectivity index (χ4v) is 2.58. The van der Waals surface area contributed by atoms with Gasteiger partial charge in [-0.1, -0.05) is 43.1 Å². The number of aromatic nitrogens is 2. The second-order valence-corrected chi connectivity index (χ2v) is 5.52. The van der Waals surface area contributed by atoms with Crippen LogP contribution in [0.3, 0.4) is 0 Å². The molecule has 1 aromatic heterocycles. The smallest absolute Gasteiger partial charge is 0.0748 e. The molecule has 20 heavy (non-hydrogen) atoms. The van der Waals surface area contributed by atoms with Crippen molar-refractivity contribution in [2.24, 2.45) is 7.05 Å². The van der Waals surface area contributed by atoms with E-state index in [9.17, 15) is 0 Å². The molecule has 0 amide bonds. The van der Waals surface area contributed by atoms with Crippen LogP contribution in [0.5, 0.6) is 0 Å². The summed E-state index contributed by atoms with van der Waals surface area (Å²) in [4.78, 5) is 0. The number of nitrogens with one attached hydrogen (secondary N) is 1. The molecular weight excluding hydrogens is 293 g/mol. The van der Waals surface area contributed by atoms with E-state index in [4.69, 9.17) is 23.2 Å². The van der Waals surface area contributed by atoms with Crippen LogP contribution >= 0.6 is 23.2 Å². The van der Waals surface area contributed by atoms with Crippen LogP contribution in [-0.4, -0.2) is 16.3 Å². The van der Waals surface area contributed by atoms with Crippen molar-refractivity contribution in [2.45, 2.75) is 26.3 Å². The van der Waals surface area contributed by atoms with E-state index in [1.165, 1.54) is 0 Å². The summed E-state index contributed by atoms with van der Waals surface area (Å²) in [6.07, 6.45) is 0.925. The predicted octanol–water partition coefficient (Wildman–Crippen LogP) is 3.99. The molecule has 0 radical (unpaired) electrons. The second kappa shape index (κ2) is 6.61. The van der Waals surface area contributed by atoms with E-state index in [1.54, 1.807) is 0 Å². The molecule has 2 rings (SSSR count). The van der Waals surface area contributed by atoms with Crippen LogP contribution in [-0.2, 0) is 13.5 Å². The number of hydrogen-bond acceptors (Lipinski definition) is 2. The monoisotopic (exact) mass is 311 g/mol. The Morgan fingerprint density at radius 2 is 1.95 bits per heavy atom. The summed E-state index contributed by atoms with van der Waals surface area (Å²) in [5.41, 5.74) is 3.31. The van der Waals surface area contributed by atoms with Crippen molar-refractivity contribution in [2.75, 3.05) is 6.54 Å². The second-order valence-electron chi connectivity index (χ2n) is 4.70. The Kier molecular flexibility index (Phi) is 5.08. The molecule has 3 nitrogen and oxygen atoms in total. The molecule has 0 aliphatic carbocycles. The molecule has 1 N–H and O–H groups in total. The van der Waals surface area contributed by atoms with E-state index >= 15 is 0 Å². The Bertz CT molecular complexity index is 593. The first-order chi connectivity index (χ1) is 9.56. The molecule has 108 valence electrons. The highest BCUT2D eigenvalue weighted by molar-refractivity contribution is 6.42. The van der Waals surface area contributed by atoms with Gasteiger partial charge < -0.3 is 5.32 Å². The van der Waals surface area contributed by atoms with Gasteiger partial charge in [0.05, 0.1) is 27.5 Å². The minimum atomic E-state index is 0.0626. The molecule has 0 fully saturated rings. The maximum atomic E-state index is 6.14. The van der Waals surface area contributed by atoms with E-state index in [1.807, 2.05) is 29.9 Å². The highest BCUT2D eigenvalue weighted by atomic mass is 35.5. The lowest BCUT2D eigenvalue weighted by atomic mass is 10.0. The van der Waals surface area contributed by atoms with Crippen molar-refractivity contribution in [1.29, 1.82) is 0 Å². The summed E-state index contributed by atoms with van der Waals surface area (Å²) < 4.78 is 1.93. The van der Waals surface area contributed by atoms with Crippen molar-refractivity contribution < 1.29 is 0 Å². The third-order valence-corrected chi connectivity index (χ3v) is 4.05. The van der Waals surface area contributed by atoms with Crippen molar-refractivity contribution in [3.8, 4) is 0 Å². The first-order valence-corrected chi connectivity index (χ1v) is 7.53. The molecule has 1 heterocycles. The standard InChI is InChI=1S/C15H19Cl2N3/c1-4-11-9-14(20(3)19-11)15(18-5-2)10-6-7-12(16)13(17)8-10/h6-9,15,18H,4-5H2,1-3H3. The van der Waals surface area contributed by atoms with Crippen LogP contribution in [0.4, 0.5) is 0 Å². The SMILES string of the molecule is CCNC(c1ccc(Cl)c(Cl)c1)c1cc(CC)nn1C. The van der Waals surface area contributed by atoms with Crippen molar-refractivity contribution in [1.82, 2.24) is 15.1 Å². The van der Waals surface area contributed by atoms with Gasteiger partial charge >= 0.3 is 0 Å². The van der Waals surface area contributed by atoms with Crippen LogP contribution in [0.1, 0.15) is 36.8 Å². The first kappa shape index (κ1) is 15.4. The first-order valence-electron chi connectivity index (χ1n) is 6.78. The van der Waals surface area contributed by atoms with E-state index in [-0.39, 0.29) is 6.04 Å². The van der Waals surface area contributed by atoms with Gasteiger partial charge in [0.15, 0.2) is 0 Å². The molecule has 1 atom stereocenters. The summed E-state index contributed by atoms with van der Waals surface area (Å²) >= 11 is 12.1. The van der Waals surface area contributed by atoms with Gasteiger partial charge in [0.2, 0.25) is 0 Å². The third-order valence-electron chi connectivity index (χ3n) is 3.31. The lowest BCUT2D eigenvalue weighted by molar-refractivity contribution is 0.571. The number of aryl methyl sites for hydroxylation is 2. The van der Waals surface area contributed by atoms with Gasteiger partial charge in [-0.25, -0.2) is 0 Å². The number of nitrogens with zero attached hydrogens (tertiary/aromatic N) is 2. The van der Waals surface area contributed by atoms with Gasteiger partial charge in [-0.2, -0.15) is 5.10 Å². The minimum Gasteiger partial charge on any atom is -0.305 e. The minimum absolute atomic E-state index is 0.0626. The maximum absolute atomic E-state index is 6.14. The van der Waals surface area contributed by atoms with E-state index in [2.05, 4.69) is 30.3 Å². The molecule has 1 aromatic carbocycles. The Hall–Kier alpha value is -1.03. The zero-order chi connectivity index (χ0) is 14.7. The molecule has 0 spiro atoms. The van der Waals surface area contributed by atoms with E-state index in [0.717, 1.165) is 29.9 Å². The van der Waals surface area contributed by atoms with E-state index in [0.29, 0.717) is 10.0 Å². The molecule has 5 heteroatoms. The summed E-state index contributed by atoms with van der Waals surface area (Å²) in [6, 6.07) is 7.94. The number of benzene rings is 1. The molecule has 0 aliphatic heterocycles. The van der Waals surface area contributed by atoms with Gasteiger partial charge in [-0.15, -0.1) is 0 Å². The van der Waals surface area contributed by atoms with Gasteiger partial charge in [-0.3, -0.25) is 4.68 Å². The quantitative estimate of drug-likeness (QED) is 0.905. The zero-order valence-corrected chi connectivity index (χ0v) is 13.5. The molecule has 2 aromatic rings. The van der Waals surface area contributed by atoms with Crippen LogP contribution < -0.4 is 5.32 Å². The maximum Gasteiger partial charge on any atom is 0.0748 e. The summed E-state index contributed by atoms with van der Waals surface area (Å²) in [5, 5.41) is 9.14. The Balaban J connectivity index is 2.44. The van der Waals surface area contributed by atoms with Crippen LogP contribution in [0.25, 0.3) is 0 Å². The normalized spacial score (nSPS) is 12.7. The fourth-order valence-electron chi connectivity index (χ4n) is 2.28. The van der Waals surface area contributed by atoms with Crippen molar-refractivity contribution in [3.05, 3.63) is 51.3 Å². The lowest BCUT2D eigenvalue weighted by Crippen LogP contribution is -2.24. The number of halogens is 2. The number of hydrogen-bond donors (Lipinski definition) is 1. The van der Waals surface area contributed by atoms with Gasteiger partial charge in [0.1, 0.15) is 0 Å². The fraction of sp³-hybridized carbons (Fsp3) is 0.400. The summed E-state index contributed by atoms with van der Waals surface area (Å²) in [6.45, 7) is 5.05. The van der Waals surface area contributed by atoms with E-state index < -0.39 is 0 Å². The Labute approximate surface area is 129 Å². The van der Waals surface area contributed by atoms with Crippen molar-refractivity contribution in [3.63, 3.8) is 0 Å². The van der Waals surface area contributed by atoms with Gasteiger partial charge in [-0.05, 0) is 36.7 Å². The Morgan fingerprint density at radius 1 is 1.20 bits per heavy atom. The average Bonchev–Trinajstić information content (AvgIpc) is 2.80. The van der Waals surface area contributed by atoms with Crippen LogP contribution in [0, 0.1) is 0 Å². The van der Waals surface area contributed by atoms with Gasteiger partial charge in [0, 0.05) is 7.05 Å². The molecule has 0 saturated heterocycles. The highest BCUT2D eigenvalue weighted by Gasteiger charge is 2.18. The molecule has 0 aliphatic rings. The molecule has 0 bridgehead atoms. The number of rotatable bonds is 5. The van der Waals surface area contributed by atoms with Crippen molar-refractivity contribution >= 4 is 23.2 Å². The van der Waals surface area contributed by atoms with Crippen LogP contribution in [0.2, 0.25) is 10.0 Å². The predicted molar refractivity (Wildman–Crippen MR) is 84.6 cm³/mol.